The minimum Gasteiger partial charge on any atom is -0.317 e. The van der Waals surface area contributed by atoms with Gasteiger partial charge in [-0.1, -0.05) is 37.3 Å². The van der Waals surface area contributed by atoms with Crippen molar-refractivity contribution >= 4 is 10.2 Å². The van der Waals surface area contributed by atoms with Crippen molar-refractivity contribution < 1.29 is 8.42 Å². The maximum absolute atomic E-state index is 12.8. The Morgan fingerprint density at radius 1 is 1.19 bits per heavy atom. The van der Waals surface area contributed by atoms with Gasteiger partial charge >= 0.3 is 0 Å². The van der Waals surface area contributed by atoms with Crippen molar-refractivity contribution in [2.75, 3.05) is 26.7 Å². The second-order valence-corrected chi connectivity index (χ2v) is 7.40. The fourth-order valence-electron chi connectivity index (χ4n) is 2.68. The van der Waals surface area contributed by atoms with E-state index in [0.29, 0.717) is 13.1 Å². The lowest BCUT2D eigenvalue weighted by atomic mass is 10.1. The molecule has 1 fully saturated rings. The van der Waals surface area contributed by atoms with Crippen LogP contribution in [0.4, 0.5) is 0 Å². The van der Waals surface area contributed by atoms with E-state index in [0.717, 1.165) is 31.5 Å². The van der Waals surface area contributed by atoms with Gasteiger partial charge in [-0.25, -0.2) is 0 Å². The zero-order chi connectivity index (χ0) is 15.3. The quantitative estimate of drug-likeness (QED) is 0.865. The standard InChI is InChI=1S/C15H25N3O2S/c1-3-18(13-14-7-5-4-6-8-14)21(19,20)17(2)15-9-11-16-12-10-15/h4-8,15-16H,3,9-13H2,1-2H3. The number of piperidine rings is 1. The fourth-order valence-corrected chi connectivity index (χ4v) is 4.27. The van der Waals surface area contributed by atoms with Gasteiger partial charge in [0.2, 0.25) is 0 Å². The van der Waals surface area contributed by atoms with Crippen LogP contribution in [0, 0.1) is 0 Å². The molecule has 1 aromatic rings. The minimum absolute atomic E-state index is 0.0982. The Labute approximate surface area is 128 Å². The monoisotopic (exact) mass is 311 g/mol. The molecule has 0 bridgehead atoms. The summed E-state index contributed by atoms with van der Waals surface area (Å²) in [6, 6.07) is 9.83. The molecule has 1 N–H and O–H groups in total. The zero-order valence-electron chi connectivity index (χ0n) is 12.8. The van der Waals surface area contributed by atoms with Crippen LogP contribution in [-0.4, -0.2) is 49.8 Å². The second kappa shape index (κ2) is 7.35. The highest BCUT2D eigenvalue weighted by Crippen LogP contribution is 2.18. The lowest BCUT2D eigenvalue weighted by Crippen LogP contribution is -2.49. The van der Waals surface area contributed by atoms with Crippen LogP contribution in [0.2, 0.25) is 0 Å². The molecular weight excluding hydrogens is 286 g/mol. The van der Waals surface area contributed by atoms with Gasteiger partial charge in [-0.2, -0.15) is 17.0 Å². The van der Waals surface area contributed by atoms with E-state index >= 15 is 0 Å². The number of nitrogens with zero attached hydrogens (tertiary/aromatic N) is 2. The fraction of sp³-hybridized carbons (Fsp3) is 0.600. The molecule has 0 atom stereocenters. The first-order valence-electron chi connectivity index (χ1n) is 7.53. The maximum Gasteiger partial charge on any atom is 0.282 e. The molecule has 0 saturated carbocycles. The summed E-state index contributed by atoms with van der Waals surface area (Å²) in [5.74, 6) is 0. The summed E-state index contributed by atoms with van der Waals surface area (Å²) in [5, 5.41) is 3.27. The van der Waals surface area contributed by atoms with Gasteiger partial charge < -0.3 is 5.32 Å². The first-order valence-corrected chi connectivity index (χ1v) is 8.93. The molecule has 21 heavy (non-hydrogen) atoms. The SMILES string of the molecule is CCN(Cc1ccccc1)S(=O)(=O)N(C)C1CCNCC1. The molecule has 0 spiro atoms. The number of rotatable bonds is 6. The molecular formula is C15H25N3O2S. The van der Waals surface area contributed by atoms with Crippen molar-refractivity contribution in [3.8, 4) is 0 Å². The molecule has 0 radical (unpaired) electrons. The summed E-state index contributed by atoms with van der Waals surface area (Å²) in [7, 11) is -1.70. The molecule has 2 rings (SSSR count). The maximum atomic E-state index is 12.8. The lowest BCUT2D eigenvalue weighted by Gasteiger charge is -2.34. The van der Waals surface area contributed by atoms with E-state index in [1.807, 2.05) is 37.3 Å². The average Bonchev–Trinajstić information content (AvgIpc) is 2.53. The lowest BCUT2D eigenvalue weighted by molar-refractivity contribution is 0.271. The van der Waals surface area contributed by atoms with Gasteiger partial charge in [-0.15, -0.1) is 0 Å². The molecule has 5 nitrogen and oxygen atoms in total. The summed E-state index contributed by atoms with van der Waals surface area (Å²) in [5.41, 5.74) is 1.02. The van der Waals surface area contributed by atoms with Crippen LogP contribution in [0.25, 0.3) is 0 Å². The van der Waals surface area contributed by atoms with Crippen LogP contribution in [0.1, 0.15) is 25.3 Å². The van der Waals surface area contributed by atoms with E-state index in [1.54, 1.807) is 15.7 Å². The summed E-state index contributed by atoms with van der Waals surface area (Å²) in [6.07, 6.45) is 1.75. The Hall–Kier alpha value is -0.950. The van der Waals surface area contributed by atoms with Crippen LogP contribution in [-0.2, 0) is 16.8 Å². The first kappa shape index (κ1) is 16.4. The molecule has 1 aliphatic heterocycles. The Balaban J connectivity index is 2.11. The van der Waals surface area contributed by atoms with E-state index in [1.165, 1.54) is 0 Å². The molecule has 6 heteroatoms. The smallest absolute Gasteiger partial charge is 0.282 e. The van der Waals surface area contributed by atoms with Crippen molar-refractivity contribution in [1.29, 1.82) is 0 Å². The van der Waals surface area contributed by atoms with Crippen LogP contribution >= 0.6 is 0 Å². The topological polar surface area (TPSA) is 52.7 Å². The average molecular weight is 311 g/mol. The molecule has 1 aromatic carbocycles. The predicted octanol–water partition coefficient (Wildman–Crippen LogP) is 1.44. The van der Waals surface area contributed by atoms with Crippen molar-refractivity contribution in [3.63, 3.8) is 0 Å². The summed E-state index contributed by atoms with van der Waals surface area (Å²) < 4.78 is 28.7. The van der Waals surface area contributed by atoms with Gasteiger partial charge in [0.15, 0.2) is 0 Å². The van der Waals surface area contributed by atoms with Crippen molar-refractivity contribution in [2.24, 2.45) is 0 Å². The highest BCUT2D eigenvalue weighted by molar-refractivity contribution is 7.86. The molecule has 1 heterocycles. The molecule has 1 aliphatic rings. The number of hydrogen-bond acceptors (Lipinski definition) is 3. The van der Waals surface area contributed by atoms with Crippen LogP contribution in [0.15, 0.2) is 30.3 Å². The van der Waals surface area contributed by atoms with E-state index in [-0.39, 0.29) is 6.04 Å². The van der Waals surface area contributed by atoms with E-state index in [9.17, 15) is 8.42 Å². The van der Waals surface area contributed by atoms with Gasteiger partial charge in [0.05, 0.1) is 0 Å². The first-order chi connectivity index (χ1) is 10.1. The van der Waals surface area contributed by atoms with E-state index < -0.39 is 10.2 Å². The Kier molecular flexibility index (Phi) is 5.75. The van der Waals surface area contributed by atoms with Gasteiger partial charge in [-0.3, -0.25) is 0 Å². The van der Waals surface area contributed by atoms with Gasteiger partial charge in [0, 0.05) is 26.2 Å². The second-order valence-electron chi connectivity index (χ2n) is 5.42. The normalized spacial score (nSPS) is 17.5. The van der Waals surface area contributed by atoms with E-state index in [4.69, 9.17) is 0 Å². The number of nitrogens with one attached hydrogen (secondary N) is 1. The molecule has 1 saturated heterocycles. The Bertz CT molecular complexity index is 527. The summed E-state index contributed by atoms with van der Waals surface area (Å²) in [4.78, 5) is 0. The highest BCUT2D eigenvalue weighted by Gasteiger charge is 2.31. The van der Waals surface area contributed by atoms with Crippen LogP contribution < -0.4 is 5.32 Å². The number of benzene rings is 1. The van der Waals surface area contributed by atoms with Gasteiger partial charge in [0.25, 0.3) is 10.2 Å². The summed E-state index contributed by atoms with van der Waals surface area (Å²) >= 11 is 0. The van der Waals surface area contributed by atoms with E-state index in [2.05, 4.69) is 5.32 Å². The molecule has 0 aromatic heterocycles. The summed E-state index contributed by atoms with van der Waals surface area (Å²) in [6.45, 7) is 4.56. The van der Waals surface area contributed by atoms with Gasteiger partial charge in [-0.05, 0) is 31.5 Å². The van der Waals surface area contributed by atoms with Crippen molar-refractivity contribution in [2.45, 2.75) is 32.4 Å². The van der Waals surface area contributed by atoms with Crippen molar-refractivity contribution in [3.05, 3.63) is 35.9 Å². The van der Waals surface area contributed by atoms with Crippen LogP contribution in [0.5, 0.6) is 0 Å². The molecule has 0 amide bonds. The highest BCUT2D eigenvalue weighted by atomic mass is 32.2. The largest absolute Gasteiger partial charge is 0.317 e. The minimum atomic E-state index is -3.41. The zero-order valence-corrected chi connectivity index (χ0v) is 13.6. The third-order valence-electron chi connectivity index (χ3n) is 4.07. The predicted molar refractivity (Wildman–Crippen MR) is 85.1 cm³/mol. The molecule has 0 unspecified atom stereocenters. The number of hydrogen-bond donors (Lipinski definition) is 1. The van der Waals surface area contributed by atoms with Gasteiger partial charge in [0.1, 0.15) is 0 Å². The Morgan fingerprint density at radius 2 is 1.81 bits per heavy atom. The molecule has 118 valence electrons. The molecule has 0 aliphatic carbocycles. The van der Waals surface area contributed by atoms with Crippen molar-refractivity contribution in [1.82, 2.24) is 13.9 Å². The Morgan fingerprint density at radius 3 is 2.38 bits per heavy atom. The van der Waals surface area contributed by atoms with Crippen LogP contribution in [0.3, 0.4) is 0 Å². The third kappa shape index (κ3) is 4.03. The third-order valence-corrected chi connectivity index (χ3v) is 6.13.